The van der Waals surface area contributed by atoms with Gasteiger partial charge < -0.3 is 5.32 Å². The standard InChI is InChI=1S/C12H13N5O/c1-9(10-3-2-5-13-7-10)16-12(18)17-11-4-6-14-8-15-11/h2-9H,1H3,(H2,14,15,16,17,18)/t9-/m0/s1. The fourth-order valence-electron chi connectivity index (χ4n) is 1.43. The summed E-state index contributed by atoms with van der Waals surface area (Å²) in [6, 6.07) is 4.91. The maximum Gasteiger partial charge on any atom is 0.320 e. The minimum absolute atomic E-state index is 0.125. The molecule has 0 saturated carbocycles. The number of carbonyl (C=O) groups excluding carboxylic acids is 1. The second kappa shape index (κ2) is 5.72. The summed E-state index contributed by atoms with van der Waals surface area (Å²) in [5.74, 6) is 0.459. The zero-order valence-corrected chi connectivity index (χ0v) is 9.87. The van der Waals surface area contributed by atoms with Gasteiger partial charge in [0.15, 0.2) is 0 Å². The molecule has 0 unspecified atom stereocenters. The van der Waals surface area contributed by atoms with E-state index >= 15 is 0 Å². The van der Waals surface area contributed by atoms with E-state index in [2.05, 4.69) is 25.6 Å². The van der Waals surface area contributed by atoms with Gasteiger partial charge in [0.05, 0.1) is 6.04 Å². The highest BCUT2D eigenvalue weighted by Crippen LogP contribution is 2.09. The number of pyridine rings is 1. The molecule has 0 fully saturated rings. The molecule has 18 heavy (non-hydrogen) atoms. The quantitative estimate of drug-likeness (QED) is 0.860. The van der Waals surface area contributed by atoms with Crippen molar-refractivity contribution in [3.8, 4) is 0 Å². The Morgan fingerprint density at radius 2 is 2.17 bits per heavy atom. The molecule has 0 spiro atoms. The number of aromatic nitrogens is 3. The monoisotopic (exact) mass is 243 g/mol. The number of carbonyl (C=O) groups is 1. The molecular formula is C12H13N5O. The van der Waals surface area contributed by atoms with Crippen molar-refractivity contribution in [2.24, 2.45) is 0 Å². The summed E-state index contributed by atoms with van der Waals surface area (Å²) in [7, 11) is 0. The highest BCUT2D eigenvalue weighted by atomic mass is 16.2. The number of urea groups is 1. The molecule has 0 aliphatic rings. The molecule has 2 aromatic rings. The van der Waals surface area contributed by atoms with Gasteiger partial charge in [-0.2, -0.15) is 0 Å². The molecule has 0 bridgehead atoms. The van der Waals surface area contributed by atoms with E-state index in [1.807, 2.05) is 19.1 Å². The van der Waals surface area contributed by atoms with Gasteiger partial charge in [-0.3, -0.25) is 10.3 Å². The minimum atomic E-state index is -0.315. The Morgan fingerprint density at radius 3 is 2.83 bits per heavy atom. The van der Waals surface area contributed by atoms with Gasteiger partial charge >= 0.3 is 6.03 Å². The fraction of sp³-hybridized carbons (Fsp3) is 0.167. The molecule has 0 aliphatic carbocycles. The minimum Gasteiger partial charge on any atom is -0.331 e. The van der Waals surface area contributed by atoms with Crippen molar-refractivity contribution in [3.63, 3.8) is 0 Å². The van der Waals surface area contributed by atoms with Crippen molar-refractivity contribution in [3.05, 3.63) is 48.7 Å². The van der Waals surface area contributed by atoms with E-state index in [4.69, 9.17) is 0 Å². The van der Waals surface area contributed by atoms with Gasteiger partial charge in [-0.15, -0.1) is 0 Å². The number of hydrogen-bond acceptors (Lipinski definition) is 4. The molecule has 0 aliphatic heterocycles. The third-order valence-electron chi connectivity index (χ3n) is 2.36. The first kappa shape index (κ1) is 12.0. The van der Waals surface area contributed by atoms with Gasteiger partial charge in [-0.05, 0) is 24.6 Å². The zero-order chi connectivity index (χ0) is 12.8. The summed E-state index contributed by atoms with van der Waals surface area (Å²) in [4.78, 5) is 23.4. The van der Waals surface area contributed by atoms with Crippen LogP contribution in [-0.2, 0) is 0 Å². The molecule has 2 N–H and O–H groups in total. The van der Waals surface area contributed by atoms with Crippen molar-refractivity contribution < 1.29 is 4.79 Å². The summed E-state index contributed by atoms with van der Waals surface area (Å²) in [6.45, 7) is 1.89. The number of hydrogen-bond donors (Lipinski definition) is 2. The van der Waals surface area contributed by atoms with E-state index in [0.717, 1.165) is 5.56 Å². The van der Waals surface area contributed by atoms with E-state index in [1.165, 1.54) is 6.33 Å². The van der Waals surface area contributed by atoms with Gasteiger partial charge in [0.25, 0.3) is 0 Å². The number of rotatable bonds is 3. The van der Waals surface area contributed by atoms with Crippen LogP contribution < -0.4 is 10.6 Å². The molecule has 92 valence electrons. The van der Waals surface area contributed by atoms with Crippen LogP contribution in [0.1, 0.15) is 18.5 Å². The van der Waals surface area contributed by atoms with Gasteiger partial charge in [-0.1, -0.05) is 6.07 Å². The topological polar surface area (TPSA) is 79.8 Å². The van der Waals surface area contributed by atoms with Gasteiger partial charge in [0.2, 0.25) is 0 Å². The summed E-state index contributed by atoms with van der Waals surface area (Å²) in [5, 5.41) is 5.42. The lowest BCUT2D eigenvalue weighted by atomic mass is 10.1. The summed E-state index contributed by atoms with van der Waals surface area (Å²) in [5.41, 5.74) is 0.940. The first-order valence-corrected chi connectivity index (χ1v) is 5.49. The number of amides is 2. The normalized spacial score (nSPS) is 11.6. The Bertz CT molecular complexity index is 502. The smallest absolute Gasteiger partial charge is 0.320 e. The van der Waals surface area contributed by atoms with Crippen LogP contribution in [0.5, 0.6) is 0 Å². The SMILES string of the molecule is C[C@H](NC(=O)Nc1ccncn1)c1cccnc1. The lowest BCUT2D eigenvalue weighted by molar-refractivity contribution is 0.249. The molecule has 0 radical (unpaired) electrons. The van der Waals surface area contributed by atoms with Crippen LogP contribution in [0.2, 0.25) is 0 Å². The Morgan fingerprint density at radius 1 is 1.28 bits per heavy atom. The lowest BCUT2D eigenvalue weighted by Gasteiger charge is -2.14. The summed E-state index contributed by atoms with van der Waals surface area (Å²) >= 11 is 0. The second-order valence-electron chi connectivity index (χ2n) is 3.70. The van der Waals surface area contributed by atoms with Gasteiger partial charge in [-0.25, -0.2) is 14.8 Å². The molecule has 6 heteroatoms. The average molecular weight is 243 g/mol. The molecule has 6 nitrogen and oxygen atoms in total. The zero-order valence-electron chi connectivity index (χ0n) is 9.87. The maximum absolute atomic E-state index is 11.7. The number of nitrogens with zero attached hydrogens (tertiary/aromatic N) is 3. The number of nitrogens with one attached hydrogen (secondary N) is 2. The molecule has 1 atom stereocenters. The largest absolute Gasteiger partial charge is 0.331 e. The Kier molecular flexibility index (Phi) is 3.80. The highest BCUT2D eigenvalue weighted by Gasteiger charge is 2.09. The van der Waals surface area contributed by atoms with Crippen molar-refractivity contribution in [2.75, 3.05) is 5.32 Å². The van der Waals surface area contributed by atoms with Crippen LogP contribution in [0.25, 0.3) is 0 Å². The van der Waals surface area contributed by atoms with E-state index in [1.54, 1.807) is 24.7 Å². The predicted octanol–water partition coefficient (Wildman–Crippen LogP) is 1.75. The molecule has 2 aromatic heterocycles. The van der Waals surface area contributed by atoms with E-state index in [-0.39, 0.29) is 12.1 Å². The summed E-state index contributed by atoms with van der Waals surface area (Å²) < 4.78 is 0. The number of anilines is 1. The molecule has 2 rings (SSSR count). The Hall–Kier alpha value is -2.50. The van der Waals surface area contributed by atoms with E-state index < -0.39 is 0 Å². The van der Waals surface area contributed by atoms with Crippen LogP contribution >= 0.6 is 0 Å². The first-order valence-electron chi connectivity index (χ1n) is 5.49. The van der Waals surface area contributed by atoms with Crippen molar-refractivity contribution in [2.45, 2.75) is 13.0 Å². The van der Waals surface area contributed by atoms with E-state index in [9.17, 15) is 4.79 Å². The second-order valence-corrected chi connectivity index (χ2v) is 3.70. The highest BCUT2D eigenvalue weighted by molar-refractivity contribution is 5.88. The fourth-order valence-corrected chi connectivity index (χ4v) is 1.43. The molecule has 0 aromatic carbocycles. The third-order valence-corrected chi connectivity index (χ3v) is 2.36. The summed E-state index contributed by atoms with van der Waals surface area (Å²) in [6.07, 6.45) is 6.35. The molecule has 2 amide bonds. The maximum atomic E-state index is 11.7. The Balaban J connectivity index is 1.92. The van der Waals surface area contributed by atoms with Crippen LogP contribution in [0.4, 0.5) is 10.6 Å². The van der Waals surface area contributed by atoms with Crippen molar-refractivity contribution >= 4 is 11.8 Å². The lowest BCUT2D eigenvalue weighted by Crippen LogP contribution is -2.31. The third kappa shape index (κ3) is 3.24. The first-order chi connectivity index (χ1) is 8.75. The Labute approximate surface area is 105 Å². The predicted molar refractivity (Wildman–Crippen MR) is 66.8 cm³/mol. The average Bonchev–Trinajstić information content (AvgIpc) is 2.40. The molecule has 2 heterocycles. The molecule has 0 saturated heterocycles. The van der Waals surface area contributed by atoms with Crippen LogP contribution in [0.3, 0.4) is 0 Å². The van der Waals surface area contributed by atoms with Crippen LogP contribution in [0, 0.1) is 0 Å². The van der Waals surface area contributed by atoms with Crippen LogP contribution in [0.15, 0.2) is 43.1 Å². The van der Waals surface area contributed by atoms with E-state index in [0.29, 0.717) is 5.82 Å². The van der Waals surface area contributed by atoms with Crippen molar-refractivity contribution in [1.82, 2.24) is 20.3 Å². The van der Waals surface area contributed by atoms with Gasteiger partial charge in [0, 0.05) is 18.6 Å². The van der Waals surface area contributed by atoms with Crippen molar-refractivity contribution in [1.29, 1.82) is 0 Å². The molecular weight excluding hydrogens is 230 g/mol. The van der Waals surface area contributed by atoms with Crippen LogP contribution in [-0.4, -0.2) is 21.0 Å². The van der Waals surface area contributed by atoms with Gasteiger partial charge in [0.1, 0.15) is 12.1 Å².